The van der Waals surface area contributed by atoms with Crippen molar-refractivity contribution >= 4 is 23.3 Å². The first-order valence-corrected chi connectivity index (χ1v) is 10.9. The molecule has 2 fully saturated rings. The third kappa shape index (κ3) is 6.08. The molecule has 0 heterocycles. The maximum atomic E-state index is 14.8. The van der Waals surface area contributed by atoms with Gasteiger partial charge in [0.25, 0.3) is 5.91 Å². The molecule has 2 aliphatic carbocycles. The molecule has 0 radical (unpaired) electrons. The van der Waals surface area contributed by atoms with E-state index in [9.17, 15) is 14.0 Å². The maximum absolute atomic E-state index is 14.8. The maximum Gasteiger partial charge on any atom is 0.325 e. The number of rotatable bonds is 8. The Labute approximate surface area is 172 Å². The second-order valence-electron chi connectivity index (χ2n) is 7.97. The Morgan fingerprint density at radius 3 is 2.17 bits per heavy atom. The normalized spacial score (nSPS) is 17.7. The summed E-state index contributed by atoms with van der Waals surface area (Å²) in [6.45, 7) is 1.72. The SMILES string of the molecule is CCOC(=O)CNC(=O)c1cc(F)c(NC2CCCCC2)cc1NC1CCCC1. The lowest BCUT2D eigenvalue weighted by Crippen LogP contribution is -2.32. The molecule has 3 rings (SSSR count). The van der Waals surface area contributed by atoms with Gasteiger partial charge in [-0.1, -0.05) is 32.1 Å². The Balaban J connectivity index is 1.77. The van der Waals surface area contributed by atoms with Gasteiger partial charge in [0, 0.05) is 17.8 Å². The molecule has 1 amide bonds. The van der Waals surface area contributed by atoms with Crippen LogP contribution in [0.25, 0.3) is 0 Å². The second kappa shape index (κ2) is 10.5. The van der Waals surface area contributed by atoms with Crippen molar-refractivity contribution < 1.29 is 18.7 Å². The van der Waals surface area contributed by atoms with E-state index in [1.807, 2.05) is 0 Å². The number of esters is 1. The number of hydrogen-bond acceptors (Lipinski definition) is 5. The number of nitrogens with one attached hydrogen (secondary N) is 3. The molecule has 29 heavy (non-hydrogen) atoms. The molecule has 0 aliphatic heterocycles. The summed E-state index contributed by atoms with van der Waals surface area (Å²) in [6, 6.07) is 3.52. The molecule has 0 aromatic heterocycles. The minimum absolute atomic E-state index is 0.216. The van der Waals surface area contributed by atoms with Crippen LogP contribution in [0.15, 0.2) is 12.1 Å². The average Bonchev–Trinajstić information content (AvgIpc) is 3.22. The number of halogens is 1. The Bertz CT molecular complexity index is 713. The number of anilines is 2. The van der Waals surface area contributed by atoms with Crippen LogP contribution in [0, 0.1) is 5.82 Å². The molecule has 160 valence electrons. The van der Waals surface area contributed by atoms with E-state index in [4.69, 9.17) is 4.74 Å². The summed E-state index contributed by atoms with van der Waals surface area (Å²) in [7, 11) is 0. The van der Waals surface area contributed by atoms with Gasteiger partial charge in [0.1, 0.15) is 12.4 Å². The first-order chi connectivity index (χ1) is 14.1. The quantitative estimate of drug-likeness (QED) is 0.565. The third-order valence-electron chi connectivity index (χ3n) is 5.73. The van der Waals surface area contributed by atoms with E-state index < -0.39 is 17.7 Å². The minimum atomic E-state index is -0.512. The molecule has 1 aromatic carbocycles. The zero-order valence-electron chi connectivity index (χ0n) is 17.2. The van der Waals surface area contributed by atoms with Crippen molar-refractivity contribution in [3.8, 4) is 0 Å². The van der Waals surface area contributed by atoms with Gasteiger partial charge in [-0.15, -0.1) is 0 Å². The van der Waals surface area contributed by atoms with Crippen molar-refractivity contribution in [2.24, 2.45) is 0 Å². The summed E-state index contributed by atoms with van der Waals surface area (Å²) >= 11 is 0. The summed E-state index contributed by atoms with van der Waals surface area (Å²) in [4.78, 5) is 24.2. The monoisotopic (exact) mass is 405 g/mol. The number of carbonyl (C=O) groups excluding carboxylic acids is 2. The molecule has 0 saturated heterocycles. The smallest absolute Gasteiger partial charge is 0.325 e. The van der Waals surface area contributed by atoms with Crippen LogP contribution in [0.5, 0.6) is 0 Å². The van der Waals surface area contributed by atoms with E-state index >= 15 is 0 Å². The Kier molecular flexibility index (Phi) is 7.72. The molecule has 0 atom stereocenters. The van der Waals surface area contributed by atoms with Gasteiger partial charge in [0.05, 0.1) is 17.9 Å². The molecule has 3 N–H and O–H groups in total. The predicted molar refractivity (Wildman–Crippen MR) is 112 cm³/mol. The lowest BCUT2D eigenvalue weighted by molar-refractivity contribution is -0.141. The van der Waals surface area contributed by atoms with Crippen molar-refractivity contribution in [3.63, 3.8) is 0 Å². The van der Waals surface area contributed by atoms with Crippen LogP contribution >= 0.6 is 0 Å². The highest BCUT2D eigenvalue weighted by Gasteiger charge is 2.22. The van der Waals surface area contributed by atoms with Crippen LogP contribution in [0.2, 0.25) is 0 Å². The molecule has 0 unspecified atom stereocenters. The van der Waals surface area contributed by atoms with Crippen molar-refractivity contribution in [1.29, 1.82) is 0 Å². The van der Waals surface area contributed by atoms with Crippen molar-refractivity contribution in [2.75, 3.05) is 23.8 Å². The van der Waals surface area contributed by atoms with E-state index in [1.165, 1.54) is 12.5 Å². The van der Waals surface area contributed by atoms with Crippen molar-refractivity contribution in [1.82, 2.24) is 5.32 Å². The molecule has 7 heteroatoms. The molecular formula is C22H32FN3O3. The zero-order chi connectivity index (χ0) is 20.6. The molecule has 6 nitrogen and oxygen atoms in total. The molecular weight excluding hydrogens is 373 g/mol. The van der Waals surface area contributed by atoms with Crippen LogP contribution in [0.1, 0.15) is 75.1 Å². The van der Waals surface area contributed by atoms with Crippen LogP contribution in [-0.2, 0) is 9.53 Å². The second-order valence-corrected chi connectivity index (χ2v) is 7.97. The first-order valence-electron chi connectivity index (χ1n) is 10.9. The average molecular weight is 406 g/mol. The van der Waals surface area contributed by atoms with E-state index in [0.717, 1.165) is 51.4 Å². The van der Waals surface area contributed by atoms with Gasteiger partial charge >= 0.3 is 5.97 Å². The van der Waals surface area contributed by atoms with Gasteiger partial charge in [-0.2, -0.15) is 0 Å². The highest BCUT2D eigenvalue weighted by molar-refractivity contribution is 6.01. The van der Waals surface area contributed by atoms with Gasteiger partial charge in [0.15, 0.2) is 0 Å². The van der Waals surface area contributed by atoms with Crippen LogP contribution in [-0.4, -0.2) is 37.1 Å². The summed E-state index contributed by atoms with van der Waals surface area (Å²) < 4.78 is 19.7. The fourth-order valence-corrected chi connectivity index (χ4v) is 4.21. The minimum Gasteiger partial charge on any atom is -0.465 e. The molecule has 2 aliphatic rings. The van der Waals surface area contributed by atoms with E-state index in [1.54, 1.807) is 13.0 Å². The molecule has 2 saturated carbocycles. The highest BCUT2D eigenvalue weighted by Crippen LogP contribution is 2.30. The van der Waals surface area contributed by atoms with Gasteiger partial charge < -0.3 is 20.7 Å². The molecule has 1 aromatic rings. The number of carbonyl (C=O) groups is 2. The van der Waals surface area contributed by atoms with Crippen molar-refractivity contribution in [3.05, 3.63) is 23.5 Å². The van der Waals surface area contributed by atoms with E-state index in [2.05, 4.69) is 16.0 Å². The van der Waals surface area contributed by atoms with Crippen LogP contribution < -0.4 is 16.0 Å². The summed E-state index contributed by atoms with van der Waals surface area (Å²) in [6.07, 6.45) is 9.97. The number of hydrogen-bond donors (Lipinski definition) is 3. The lowest BCUT2D eigenvalue weighted by atomic mass is 9.95. The van der Waals surface area contributed by atoms with Gasteiger partial charge in [0.2, 0.25) is 0 Å². The highest BCUT2D eigenvalue weighted by atomic mass is 19.1. The van der Waals surface area contributed by atoms with E-state index in [-0.39, 0.29) is 30.8 Å². The van der Waals surface area contributed by atoms with Crippen molar-refractivity contribution in [2.45, 2.75) is 76.8 Å². The number of ether oxygens (including phenoxy) is 1. The van der Waals surface area contributed by atoms with Gasteiger partial charge in [-0.3, -0.25) is 9.59 Å². The van der Waals surface area contributed by atoms with Gasteiger partial charge in [-0.05, 0) is 44.7 Å². The summed E-state index contributed by atoms with van der Waals surface area (Å²) in [5, 5.41) is 9.29. The predicted octanol–water partition coefficient (Wildman–Crippen LogP) is 4.22. The lowest BCUT2D eigenvalue weighted by Gasteiger charge is -2.25. The largest absolute Gasteiger partial charge is 0.465 e. The molecule has 0 bridgehead atoms. The third-order valence-corrected chi connectivity index (χ3v) is 5.73. The topological polar surface area (TPSA) is 79.5 Å². The number of amides is 1. The summed E-state index contributed by atoms with van der Waals surface area (Å²) in [5.41, 5.74) is 1.25. The Hall–Kier alpha value is -2.31. The fraction of sp³-hybridized carbons (Fsp3) is 0.636. The van der Waals surface area contributed by atoms with E-state index in [0.29, 0.717) is 11.4 Å². The van der Waals surface area contributed by atoms with Crippen LogP contribution in [0.4, 0.5) is 15.8 Å². The Morgan fingerprint density at radius 2 is 1.55 bits per heavy atom. The first kappa shape index (κ1) is 21.4. The zero-order valence-corrected chi connectivity index (χ0v) is 17.2. The summed E-state index contributed by atoms with van der Waals surface area (Å²) in [5.74, 6) is -1.45. The number of benzene rings is 1. The van der Waals surface area contributed by atoms with Gasteiger partial charge in [-0.25, -0.2) is 4.39 Å². The molecule has 0 spiro atoms. The standard InChI is InChI=1S/C22H32FN3O3/c1-2-29-21(27)14-24-22(28)17-12-18(23)20(26-16-8-4-3-5-9-16)13-19(17)25-15-10-6-7-11-15/h12-13,15-16,25-26H,2-11,14H2,1H3,(H,24,28). The fourth-order valence-electron chi connectivity index (χ4n) is 4.21. The van der Waals surface area contributed by atoms with Crippen LogP contribution in [0.3, 0.4) is 0 Å². The Morgan fingerprint density at radius 1 is 0.966 bits per heavy atom.